The summed E-state index contributed by atoms with van der Waals surface area (Å²) in [6, 6.07) is 14.4. The zero-order valence-electron chi connectivity index (χ0n) is 17.3. The maximum atomic E-state index is 13.4. The van der Waals surface area contributed by atoms with E-state index in [2.05, 4.69) is 35.9 Å². The number of anilines is 1. The fraction of sp³-hybridized carbons (Fsp3) is 0.417. The number of fused-ring (bicyclic) bond motifs is 3. The lowest BCUT2D eigenvalue weighted by Crippen LogP contribution is -2.37. The number of hydrogen-bond acceptors (Lipinski definition) is 3. The van der Waals surface area contributed by atoms with Crippen molar-refractivity contribution in [2.45, 2.75) is 46.1 Å². The highest BCUT2D eigenvalue weighted by atomic mass is 16.2. The number of aromatic nitrogens is 2. The van der Waals surface area contributed by atoms with Gasteiger partial charge in [-0.05, 0) is 65.5 Å². The summed E-state index contributed by atoms with van der Waals surface area (Å²) in [6.07, 6.45) is 3.40. The van der Waals surface area contributed by atoms with Crippen molar-refractivity contribution in [3.8, 4) is 11.1 Å². The van der Waals surface area contributed by atoms with Crippen LogP contribution in [-0.2, 0) is 0 Å². The predicted octanol–water partition coefficient (Wildman–Crippen LogP) is 4.85. The molecule has 1 saturated heterocycles. The van der Waals surface area contributed by atoms with E-state index in [4.69, 9.17) is 5.73 Å². The lowest BCUT2D eigenvalue weighted by atomic mass is 9.65. The molecule has 2 aromatic carbocycles. The van der Waals surface area contributed by atoms with Gasteiger partial charge in [0.1, 0.15) is 0 Å². The van der Waals surface area contributed by atoms with Crippen molar-refractivity contribution in [3.05, 3.63) is 48.0 Å². The van der Waals surface area contributed by atoms with E-state index in [1.165, 1.54) is 6.42 Å². The summed E-state index contributed by atoms with van der Waals surface area (Å²) >= 11 is 0. The Kier molecular flexibility index (Phi) is 3.83. The summed E-state index contributed by atoms with van der Waals surface area (Å²) < 4.78 is 0. The number of amides is 1. The number of benzene rings is 2. The van der Waals surface area contributed by atoms with Gasteiger partial charge in [0.2, 0.25) is 0 Å². The highest BCUT2D eigenvalue weighted by Gasteiger charge is 2.51. The van der Waals surface area contributed by atoms with Crippen LogP contribution in [0, 0.1) is 10.8 Å². The molecule has 2 bridgehead atoms. The Bertz CT molecular complexity index is 1120. The number of nitrogens with one attached hydrogen (secondary N) is 1. The van der Waals surface area contributed by atoms with Gasteiger partial charge in [0, 0.05) is 23.5 Å². The summed E-state index contributed by atoms with van der Waals surface area (Å²) in [5.74, 6) is 0.649. The minimum absolute atomic E-state index is 0.155. The molecule has 3 aromatic rings. The molecule has 1 amide bonds. The molecule has 29 heavy (non-hydrogen) atoms. The Hall–Kier alpha value is -2.82. The van der Waals surface area contributed by atoms with Gasteiger partial charge in [0.05, 0.1) is 5.52 Å². The first-order chi connectivity index (χ1) is 13.7. The molecule has 150 valence electrons. The van der Waals surface area contributed by atoms with Crippen LogP contribution < -0.4 is 5.73 Å². The number of hydrogen-bond donors (Lipinski definition) is 2. The fourth-order valence-corrected chi connectivity index (χ4v) is 5.91. The number of aromatic amines is 1. The molecule has 5 nitrogen and oxygen atoms in total. The molecule has 1 aromatic heterocycles. The Morgan fingerprint density at radius 1 is 1.14 bits per heavy atom. The van der Waals surface area contributed by atoms with Crippen LogP contribution in [0.1, 0.15) is 50.4 Å². The monoisotopic (exact) mass is 388 g/mol. The van der Waals surface area contributed by atoms with Crippen LogP contribution in [-0.4, -0.2) is 33.6 Å². The van der Waals surface area contributed by atoms with Crippen molar-refractivity contribution in [1.82, 2.24) is 15.1 Å². The first kappa shape index (κ1) is 18.2. The summed E-state index contributed by atoms with van der Waals surface area (Å²) in [7, 11) is 0. The Morgan fingerprint density at radius 3 is 2.76 bits per heavy atom. The predicted molar refractivity (Wildman–Crippen MR) is 117 cm³/mol. The molecule has 3 N–H and O–H groups in total. The van der Waals surface area contributed by atoms with Crippen LogP contribution in [0.15, 0.2) is 42.5 Å². The molecule has 2 fully saturated rings. The second kappa shape index (κ2) is 6.09. The van der Waals surface area contributed by atoms with Crippen molar-refractivity contribution < 1.29 is 4.79 Å². The fourth-order valence-electron chi connectivity index (χ4n) is 5.91. The van der Waals surface area contributed by atoms with Gasteiger partial charge in [-0.1, -0.05) is 39.0 Å². The topological polar surface area (TPSA) is 75.0 Å². The first-order valence-electron chi connectivity index (χ1n) is 10.4. The average Bonchev–Trinajstić information content (AvgIpc) is 3.16. The van der Waals surface area contributed by atoms with Crippen LogP contribution in [0.4, 0.5) is 5.82 Å². The standard InChI is InChI=1S/C24H28N4O/c1-23(2)11-18-12-24(3,13-23)14-28(18)22(29)17-6-4-5-15(9-17)16-7-8-20-19(10-16)21(25)27-26-20/h4-10,18H,11-14H2,1-3H3,(H3,25,26,27)/t18-,24-/m1/s1. The lowest BCUT2D eigenvalue weighted by Gasteiger charge is -2.39. The van der Waals surface area contributed by atoms with Crippen molar-refractivity contribution in [1.29, 1.82) is 0 Å². The van der Waals surface area contributed by atoms with Gasteiger partial charge in [-0.25, -0.2) is 0 Å². The maximum Gasteiger partial charge on any atom is 0.254 e. The minimum atomic E-state index is 0.155. The lowest BCUT2D eigenvalue weighted by molar-refractivity contribution is 0.0708. The van der Waals surface area contributed by atoms with Crippen molar-refractivity contribution in [2.75, 3.05) is 12.3 Å². The third-order valence-electron chi connectivity index (χ3n) is 6.71. The molecule has 0 radical (unpaired) electrons. The highest BCUT2D eigenvalue weighted by molar-refractivity contribution is 5.97. The molecule has 5 rings (SSSR count). The van der Waals surface area contributed by atoms with Gasteiger partial charge in [0.15, 0.2) is 5.82 Å². The first-order valence-corrected chi connectivity index (χ1v) is 10.4. The Balaban J connectivity index is 1.46. The molecule has 1 aliphatic heterocycles. The van der Waals surface area contributed by atoms with Crippen LogP contribution >= 0.6 is 0 Å². The number of likely N-dealkylation sites (tertiary alicyclic amines) is 1. The second-order valence-corrected chi connectivity index (χ2v) is 10.1. The van der Waals surface area contributed by atoms with E-state index in [1.54, 1.807) is 0 Å². The Morgan fingerprint density at radius 2 is 1.93 bits per heavy atom. The SMILES string of the molecule is CC1(C)C[C@@H]2C[C@@](C)(CN2C(=O)c2cccc(-c3ccc4[nH]nc(N)c4c3)c2)C1. The zero-order valence-corrected chi connectivity index (χ0v) is 17.3. The molecular weight excluding hydrogens is 360 g/mol. The quantitative estimate of drug-likeness (QED) is 0.659. The average molecular weight is 389 g/mol. The minimum Gasteiger partial charge on any atom is -0.382 e. The van der Waals surface area contributed by atoms with E-state index in [9.17, 15) is 4.79 Å². The molecule has 1 aliphatic carbocycles. The van der Waals surface area contributed by atoms with Crippen LogP contribution in [0.3, 0.4) is 0 Å². The summed E-state index contributed by atoms with van der Waals surface area (Å²) in [5, 5.41) is 7.90. The molecule has 0 spiro atoms. The van der Waals surface area contributed by atoms with Crippen LogP contribution in [0.5, 0.6) is 0 Å². The molecule has 5 heteroatoms. The van der Waals surface area contributed by atoms with E-state index >= 15 is 0 Å². The number of carbonyl (C=O) groups excluding carboxylic acids is 1. The summed E-state index contributed by atoms with van der Waals surface area (Å²) in [6.45, 7) is 7.88. The number of rotatable bonds is 2. The largest absolute Gasteiger partial charge is 0.382 e. The smallest absolute Gasteiger partial charge is 0.254 e. The third-order valence-corrected chi connectivity index (χ3v) is 6.71. The number of carbonyl (C=O) groups is 1. The number of nitrogen functional groups attached to an aromatic ring is 1. The Labute approximate surface area is 171 Å². The van der Waals surface area contributed by atoms with Crippen molar-refractivity contribution in [2.24, 2.45) is 10.8 Å². The van der Waals surface area contributed by atoms with E-state index in [0.29, 0.717) is 17.3 Å². The van der Waals surface area contributed by atoms with Gasteiger partial charge in [-0.3, -0.25) is 9.89 Å². The molecular formula is C24H28N4O. The van der Waals surface area contributed by atoms with Gasteiger partial charge in [-0.2, -0.15) is 5.10 Å². The number of H-pyrrole nitrogens is 1. The van der Waals surface area contributed by atoms with Gasteiger partial charge < -0.3 is 10.6 Å². The van der Waals surface area contributed by atoms with Crippen LogP contribution in [0.25, 0.3) is 22.0 Å². The normalized spacial score (nSPS) is 25.5. The van der Waals surface area contributed by atoms with E-state index < -0.39 is 0 Å². The molecule has 2 aliphatic rings. The van der Waals surface area contributed by atoms with Crippen LogP contribution in [0.2, 0.25) is 0 Å². The number of nitrogens with zero attached hydrogens (tertiary/aromatic N) is 2. The molecule has 2 heterocycles. The van der Waals surface area contributed by atoms with E-state index in [1.807, 2.05) is 42.5 Å². The van der Waals surface area contributed by atoms with Gasteiger partial charge in [0.25, 0.3) is 5.91 Å². The van der Waals surface area contributed by atoms with Crippen molar-refractivity contribution >= 4 is 22.6 Å². The zero-order chi connectivity index (χ0) is 20.4. The van der Waals surface area contributed by atoms with Gasteiger partial charge in [-0.15, -0.1) is 0 Å². The van der Waals surface area contributed by atoms with Crippen molar-refractivity contribution in [3.63, 3.8) is 0 Å². The van der Waals surface area contributed by atoms with Gasteiger partial charge >= 0.3 is 0 Å². The molecule has 1 saturated carbocycles. The van der Waals surface area contributed by atoms with E-state index in [-0.39, 0.29) is 11.3 Å². The highest BCUT2D eigenvalue weighted by Crippen LogP contribution is 2.52. The van der Waals surface area contributed by atoms with E-state index in [0.717, 1.165) is 47.0 Å². The molecule has 2 atom stereocenters. The summed E-state index contributed by atoms with van der Waals surface area (Å²) in [5.41, 5.74) is 10.2. The number of nitrogens with two attached hydrogens (primary N) is 1. The summed E-state index contributed by atoms with van der Waals surface area (Å²) in [4.78, 5) is 15.6. The molecule has 0 unspecified atom stereocenters. The second-order valence-electron chi connectivity index (χ2n) is 10.1. The maximum absolute atomic E-state index is 13.4. The third kappa shape index (κ3) is 3.09.